The lowest BCUT2D eigenvalue weighted by atomic mass is 10.1. The number of alkyl halides is 3. The first-order valence-electron chi connectivity index (χ1n) is 8.38. The maximum atomic E-state index is 13.7. The first kappa shape index (κ1) is 22.2. The number of carboxylic acids is 1. The molecule has 0 aromatic heterocycles. The lowest BCUT2D eigenvalue weighted by molar-refractivity contribution is -0.197. The zero-order valence-corrected chi connectivity index (χ0v) is 16.3. The van der Waals surface area contributed by atoms with E-state index in [1.54, 1.807) is 6.07 Å². The minimum atomic E-state index is -4.71. The van der Waals surface area contributed by atoms with Crippen molar-refractivity contribution >= 4 is 34.9 Å². The SMILES string of the molecule is CCNc1cccc([C@H](Oc2c(Cl)cc(CCC(=O)O)cc2Cl)C(F)(F)F)c1. The molecule has 0 heterocycles. The van der Waals surface area contributed by atoms with Crippen LogP contribution in [0, 0.1) is 0 Å². The highest BCUT2D eigenvalue weighted by Gasteiger charge is 2.43. The van der Waals surface area contributed by atoms with Crippen LogP contribution in [-0.4, -0.2) is 23.8 Å². The highest BCUT2D eigenvalue weighted by Crippen LogP contribution is 2.43. The number of rotatable bonds is 8. The van der Waals surface area contributed by atoms with Crippen molar-refractivity contribution < 1.29 is 27.8 Å². The Morgan fingerprint density at radius 1 is 1.21 bits per heavy atom. The summed E-state index contributed by atoms with van der Waals surface area (Å²) in [5, 5.41) is 11.5. The van der Waals surface area contributed by atoms with Crippen LogP contribution in [0.2, 0.25) is 10.0 Å². The third-order valence-electron chi connectivity index (χ3n) is 3.79. The van der Waals surface area contributed by atoms with Crippen molar-refractivity contribution in [2.75, 3.05) is 11.9 Å². The molecule has 2 N–H and O–H groups in total. The molecule has 0 amide bonds. The number of anilines is 1. The monoisotopic (exact) mass is 435 g/mol. The minimum absolute atomic E-state index is 0.104. The van der Waals surface area contributed by atoms with Gasteiger partial charge in [0.1, 0.15) is 0 Å². The number of aliphatic carboxylic acids is 1. The van der Waals surface area contributed by atoms with Gasteiger partial charge in [-0.1, -0.05) is 35.3 Å². The van der Waals surface area contributed by atoms with E-state index in [0.29, 0.717) is 17.8 Å². The number of carboxylic acid groups (broad SMARTS) is 1. The largest absolute Gasteiger partial charge is 0.481 e. The van der Waals surface area contributed by atoms with Crippen molar-refractivity contribution in [3.8, 4) is 5.75 Å². The number of hydrogen-bond acceptors (Lipinski definition) is 3. The quantitative estimate of drug-likeness (QED) is 0.523. The molecule has 28 heavy (non-hydrogen) atoms. The molecule has 0 spiro atoms. The van der Waals surface area contributed by atoms with Gasteiger partial charge < -0.3 is 15.2 Å². The third-order valence-corrected chi connectivity index (χ3v) is 4.35. The van der Waals surface area contributed by atoms with Gasteiger partial charge in [-0.05, 0) is 43.2 Å². The zero-order chi connectivity index (χ0) is 20.9. The van der Waals surface area contributed by atoms with Gasteiger partial charge in [0.25, 0.3) is 0 Å². The Morgan fingerprint density at radius 2 is 1.86 bits per heavy atom. The van der Waals surface area contributed by atoms with E-state index < -0.39 is 18.2 Å². The number of carbonyl (C=O) groups is 1. The molecule has 0 radical (unpaired) electrons. The summed E-state index contributed by atoms with van der Waals surface area (Å²) in [6.45, 7) is 2.38. The molecule has 1 atom stereocenters. The Hall–Kier alpha value is -2.12. The Morgan fingerprint density at radius 3 is 2.39 bits per heavy atom. The number of benzene rings is 2. The molecular formula is C19H18Cl2F3NO3. The second-order valence-electron chi connectivity index (χ2n) is 5.98. The van der Waals surface area contributed by atoms with Crippen LogP contribution < -0.4 is 10.1 Å². The van der Waals surface area contributed by atoms with Gasteiger partial charge in [-0.25, -0.2) is 0 Å². The van der Waals surface area contributed by atoms with Crippen LogP contribution in [0.5, 0.6) is 5.75 Å². The Balaban J connectivity index is 2.35. The van der Waals surface area contributed by atoms with E-state index in [1.807, 2.05) is 6.92 Å². The van der Waals surface area contributed by atoms with Gasteiger partial charge in [0.2, 0.25) is 6.10 Å². The molecular weight excluding hydrogens is 418 g/mol. The average Bonchev–Trinajstić information content (AvgIpc) is 2.59. The van der Waals surface area contributed by atoms with Crippen molar-refractivity contribution in [2.45, 2.75) is 32.0 Å². The summed E-state index contributed by atoms with van der Waals surface area (Å²) >= 11 is 12.2. The molecule has 9 heteroatoms. The number of halogens is 5. The van der Waals surface area contributed by atoms with E-state index in [2.05, 4.69) is 5.32 Å². The molecule has 0 bridgehead atoms. The van der Waals surface area contributed by atoms with Crippen LogP contribution in [0.15, 0.2) is 36.4 Å². The Bertz CT molecular complexity index is 820. The van der Waals surface area contributed by atoms with E-state index in [0.717, 1.165) is 0 Å². The van der Waals surface area contributed by atoms with Gasteiger partial charge in [-0.15, -0.1) is 0 Å². The maximum Gasteiger partial charge on any atom is 0.429 e. The molecule has 0 unspecified atom stereocenters. The van der Waals surface area contributed by atoms with E-state index in [-0.39, 0.29) is 34.2 Å². The normalized spacial score (nSPS) is 12.5. The second-order valence-corrected chi connectivity index (χ2v) is 6.79. The van der Waals surface area contributed by atoms with Gasteiger partial charge in [-0.3, -0.25) is 4.79 Å². The molecule has 0 aliphatic heterocycles. The van der Waals surface area contributed by atoms with Gasteiger partial charge in [0.05, 0.1) is 10.0 Å². The number of nitrogens with one attached hydrogen (secondary N) is 1. The van der Waals surface area contributed by atoms with Crippen molar-refractivity contribution in [3.05, 3.63) is 57.6 Å². The fraction of sp³-hybridized carbons (Fsp3) is 0.316. The molecule has 152 valence electrons. The molecule has 0 saturated carbocycles. The van der Waals surface area contributed by atoms with Crippen molar-refractivity contribution in [3.63, 3.8) is 0 Å². The van der Waals surface area contributed by atoms with Gasteiger partial charge in [-0.2, -0.15) is 13.2 Å². The molecule has 2 rings (SSSR count). The summed E-state index contributed by atoms with van der Waals surface area (Å²) in [4.78, 5) is 10.7. The molecule has 4 nitrogen and oxygen atoms in total. The third kappa shape index (κ3) is 5.94. The van der Waals surface area contributed by atoms with Crippen LogP contribution in [0.1, 0.15) is 30.6 Å². The van der Waals surface area contributed by atoms with Gasteiger partial charge in [0.15, 0.2) is 5.75 Å². The Labute approximate surface area is 170 Å². The summed E-state index contributed by atoms with van der Waals surface area (Å²) in [7, 11) is 0. The fourth-order valence-electron chi connectivity index (χ4n) is 2.58. The van der Waals surface area contributed by atoms with Crippen LogP contribution in [0.4, 0.5) is 18.9 Å². The van der Waals surface area contributed by atoms with Crippen molar-refractivity contribution in [1.82, 2.24) is 0 Å². The maximum absolute atomic E-state index is 13.7. The molecule has 2 aromatic rings. The summed E-state index contributed by atoms with van der Waals surface area (Å²) in [5.74, 6) is -1.32. The smallest absolute Gasteiger partial charge is 0.429 e. The standard InChI is InChI=1S/C19H18Cl2F3NO3/c1-2-25-13-5-3-4-12(10-13)18(19(22,23)24)28-17-14(20)8-11(9-15(17)21)6-7-16(26)27/h3-5,8-10,18,25H,2,6-7H2,1H3,(H,26,27)/t18-/m0/s1. The minimum Gasteiger partial charge on any atom is -0.481 e. The molecule has 0 saturated heterocycles. The van der Waals surface area contributed by atoms with Gasteiger partial charge in [0, 0.05) is 24.2 Å². The predicted molar refractivity (Wildman–Crippen MR) is 102 cm³/mol. The highest BCUT2D eigenvalue weighted by molar-refractivity contribution is 6.37. The van der Waals surface area contributed by atoms with E-state index in [1.165, 1.54) is 30.3 Å². The molecule has 0 aliphatic rings. The lowest BCUT2D eigenvalue weighted by Crippen LogP contribution is -2.26. The zero-order valence-electron chi connectivity index (χ0n) is 14.8. The number of hydrogen-bond donors (Lipinski definition) is 2. The Kier molecular flexibility index (Phi) is 7.43. The average molecular weight is 436 g/mol. The van der Waals surface area contributed by atoms with Crippen LogP contribution >= 0.6 is 23.2 Å². The summed E-state index contributed by atoms with van der Waals surface area (Å²) in [6.07, 6.45) is -7.00. The van der Waals surface area contributed by atoms with Crippen molar-refractivity contribution in [2.24, 2.45) is 0 Å². The summed E-state index contributed by atoms with van der Waals surface area (Å²) < 4.78 is 46.2. The summed E-state index contributed by atoms with van der Waals surface area (Å²) in [6, 6.07) is 8.51. The fourth-order valence-corrected chi connectivity index (χ4v) is 3.20. The molecule has 0 fully saturated rings. The van der Waals surface area contributed by atoms with Crippen molar-refractivity contribution in [1.29, 1.82) is 0 Å². The predicted octanol–water partition coefficient (Wildman–Crippen LogP) is 6.12. The van der Waals surface area contributed by atoms with Crippen LogP contribution in [0.25, 0.3) is 0 Å². The van der Waals surface area contributed by atoms with Crippen LogP contribution in [-0.2, 0) is 11.2 Å². The first-order chi connectivity index (χ1) is 13.1. The van der Waals surface area contributed by atoms with E-state index in [9.17, 15) is 18.0 Å². The van der Waals surface area contributed by atoms with E-state index in [4.69, 9.17) is 33.0 Å². The lowest BCUT2D eigenvalue weighted by Gasteiger charge is -2.24. The highest BCUT2D eigenvalue weighted by atomic mass is 35.5. The topological polar surface area (TPSA) is 58.6 Å². The van der Waals surface area contributed by atoms with Crippen LogP contribution in [0.3, 0.4) is 0 Å². The number of aryl methyl sites for hydroxylation is 1. The number of ether oxygens (including phenoxy) is 1. The summed E-state index contributed by atoms with van der Waals surface area (Å²) in [5.41, 5.74) is 0.912. The van der Waals surface area contributed by atoms with Gasteiger partial charge >= 0.3 is 12.1 Å². The molecule has 2 aromatic carbocycles. The first-order valence-corrected chi connectivity index (χ1v) is 9.14. The van der Waals surface area contributed by atoms with E-state index >= 15 is 0 Å². The second kappa shape index (κ2) is 9.39. The molecule has 0 aliphatic carbocycles.